The highest BCUT2D eigenvalue weighted by molar-refractivity contribution is 6.11. The van der Waals surface area contributed by atoms with E-state index in [4.69, 9.17) is 18.9 Å². The third kappa shape index (κ3) is 4.57. The van der Waals surface area contributed by atoms with Crippen molar-refractivity contribution in [3.63, 3.8) is 0 Å². The topological polar surface area (TPSA) is 60.5 Å². The first kappa shape index (κ1) is 19.8. The molecule has 3 aromatic carbocycles. The number of phenols is 1. The van der Waals surface area contributed by atoms with Crippen LogP contribution in [-0.2, 0) is 9.47 Å². The second-order valence-corrected chi connectivity index (χ2v) is 7.54. The van der Waals surface area contributed by atoms with E-state index < -0.39 is 0 Å². The van der Waals surface area contributed by atoms with E-state index in [1.807, 2.05) is 49.4 Å². The summed E-state index contributed by atoms with van der Waals surface area (Å²) in [5.41, 5.74) is 0. The molecule has 1 saturated heterocycles. The number of aromatic hydroxyl groups is 1. The summed E-state index contributed by atoms with van der Waals surface area (Å²) in [7, 11) is 0. The van der Waals surface area contributed by atoms with Gasteiger partial charge in [-0.05, 0) is 31.5 Å². The Morgan fingerprint density at radius 1 is 1.07 bits per heavy atom. The molecule has 0 bridgehead atoms. The lowest BCUT2D eigenvalue weighted by Gasteiger charge is -2.18. The van der Waals surface area contributed by atoms with Crippen molar-refractivity contribution >= 4 is 21.5 Å². The predicted octanol–water partition coefficient (Wildman–Crippen LogP) is 5.06. The van der Waals surface area contributed by atoms with Gasteiger partial charge in [0.05, 0.1) is 25.9 Å². The zero-order valence-corrected chi connectivity index (χ0v) is 17.0. The molecule has 0 aromatic heterocycles. The summed E-state index contributed by atoms with van der Waals surface area (Å²) in [5.74, 6) is 1.76. The molecule has 0 amide bonds. The molecule has 1 fully saturated rings. The Kier molecular flexibility index (Phi) is 6.07. The van der Waals surface area contributed by atoms with Crippen LogP contribution in [-0.4, -0.2) is 43.7 Å². The van der Waals surface area contributed by atoms with Crippen LogP contribution in [0.1, 0.15) is 26.7 Å². The monoisotopic (exact) mass is 396 g/mol. The van der Waals surface area contributed by atoms with E-state index >= 15 is 0 Å². The van der Waals surface area contributed by atoms with Crippen LogP contribution >= 0.6 is 0 Å². The van der Waals surface area contributed by atoms with Crippen molar-refractivity contribution in [2.24, 2.45) is 0 Å². The Morgan fingerprint density at radius 2 is 1.83 bits per heavy atom. The van der Waals surface area contributed by atoms with Crippen molar-refractivity contribution in [1.82, 2.24) is 0 Å². The molecular weight excluding hydrogens is 368 g/mol. The van der Waals surface area contributed by atoms with Crippen LogP contribution in [0.2, 0.25) is 0 Å². The maximum atomic E-state index is 10.9. The van der Waals surface area contributed by atoms with Gasteiger partial charge in [0.15, 0.2) is 0 Å². The number of epoxide rings is 1. The molecule has 1 heterocycles. The van der Waals surface area contributed by atoms with Crippen LogP contribution in [0, 0.1) is 0 Å². The van der Waals surface area contributed by atoms with Gasteiger partial charge in [0.2, 0.25) is 0 Å². The van der Waals surface area contributed by atoms with Gasteiger partial charge >= 0.3 is 0 Å². The van der Waals surface area contributed by atoms with Gasteiger partial charge in [-0.1, -0.05) is 37.6 Å². The number of fused-ring (bicyclic) bond motifs is 2. The second kappa shape index (κ2) is 8.89. The molecule has 5 nitrogen and oxygen atoms in total. The molecule has 1 aliphatic rings. The summed E-state index contributed by atoms with van der Waals surface area (Å²) in [6, 6.07) is 13.5. The lowest BCUT2D eigenvalue weighted by molar-refractivity contribution is 0.0248. The Balaban J connectivity index is 1.65. The summed E-state index contributed by atoms with van der Waals surface area (Å²) in [6.45, 7) is 6.59. The minimum atomic E-state index is -0.0570. The zero-order valence-electron chi connectivity index (χ0n) is 17.0. The number of rotatable bonds is 10. The second-order valence-electron chi connectivity index (χ2n) is 7.54. The van der Waals surface area contributed by atoms with Crippen LogP contribution in [0.15, 0.2) is 42.5 Å². The Morgan fingerprint density at radius 3 is 2.59 bits per heavy atom. The first-order chi connectivity index (χ1) is 14.2. The summed E-state index contributed by atoms with van der Waals surface area (Å²) in [6.07, 6.45) is 2.26. The van der Waals surface area contributed by atoms with E-state index in [0.29, 0.717) is 19.8 Å². The van der Waals surface area contributed by atoms with Crippen molar-refractivity contribution in [3.05, 3.63) is 42.5 Å². The minimum Gasteiger partial charge on any atom is -0.507 e. The molecule has 1 N–H and O–H groups in total. The number of hydrogen-bond acceptors (Lipinski definition) is 5. The first-order valence-corrected chi connectivity index (χ1v) is 10.3. The van der Waals surface area contributed by atoms with E-state index in [9.17, 15) is 5.11 Å². The van der Waals surface area contributed by atoms with Gasteiger partial charge in [-0.3, -0.25) is 0 Å². The maximum Gasteiger partial charge on any atom is 0.135 e. The molecule has 5 heteroatoms. The van der Waals surface area contributed by atoms with Crippen LogP contribution in [0.5, 0.6) is 17.2 Å². The van der Waals surface area contributed by atoms with Gasteiger partial charge < -0.3 is 24.1 Å². The Hall–Kier alpha value is -2.50. The molecule has 0 saturated carbocycles. The molecule has 154 valence electrons. The van der Waals surface area contributed by atoms with E-state index in [2.05, 4.69) is 6.92 Å². The average molecular weight is 396 g/mol. The SMILES string of the molecule is CCCCOc1ccc2c(OCC(C)OCC3CO3)c3ccccc3c(O)c2c1. The number of benzene rings is 3. The molecule has 2 unspecified atom stereocenters. The Labute approximate surface area is 171 Å². The van der Waals surface area contributed by atoms with Gasteiger partial charge in [0.25, 0.3) is 0 Å². The van der Waals surface area contributed by atoms with Crippen molar-refractivity contribution < 1.29 is 24.1 Å². The maximum absolute atomic E-state index is 10.9. The summed E-state index contributed by atoms with van der Waals surface area (Å²) >= 11 is 0. The van der Waals surface area contributed by atoms with Crippen molar-refractivity contribution in [2.45, 2.75) is 38.9 Å². The number of ether oxygens (including phenoxy) is 4. The summed E-state index contributed by atoms with van der Waals surface area (Å²) in [4.78, 5) is 0. The van der Waals surface area contributed by atoms with Crippen molar-refractivity contribution in [3.8, 4) is 17.2 Å². The fourth-order valence-electron chi connectivity index (χ4n) is 3.36. The fourth-order valence-corrected chi connectivity index (χ4v) is 3.36. The molecule has 0 radical (unpaired) electrons. The van der Waals surface area contributed by atoms with Crippen LogP contribution in [0.4, 0.5) is 0 Å². The van der Waals surface area contributed by atoms with Gasteiger partial charge in [0, 0.05) is 21.5 Å². The number of unbranched alkanes of at least 4 members (excludes halogenated alkanes) is 1. The quantitative estimate of drug-likeness (QED) is 0.295. The summed E-state index contributed by atoms with van der Waals surface area (Å²) < 4.78 is 23.0. The largest absolute Gasteiger partial charge is 0.507 e. The van der Waals surface area contributed by atoms with Crippen LogP contribution in [0.25, 0.3) is 21.5 Å². The smallest absolute Gasteiger partial charge is 0.135 e. The lowest BCUT2D eigenvalue weighted by Crippen LogP contribution is -2.20. The molecule has 2 atom stereocenters. The highest BCUT2D eigenvalue weighted by Gasteiger charge is 2.23. The fraction of sp³-hybridized carbons (Fsp3) is 0.417. The lowest BCUT2D eigenvalue weighted by atomic mass is 10.0. The molecule has 1 aliphatic heterocycles. The van der Waals surface area contributed by atoms with E-state index in [0.717, 1.165) is 52.5 Å². The summed E-state index contributed by atoms with van der Waals surface area (Å²) in [5, 5.41) is 14.2. The molecule has 29 heavy (non-hydrogen) atoms. The van der Waals surface area contributed by atoms with Gasteiger partial charge in [-0.25, -0.2) is 0 Å². The van der Waals surface area contributed by atoms with Gasteiger partial charge in [-0.2, -0.15) is 0 Å². The molecule has 0 aliphatic carbocycles. The van der Waals surface area contributed by atoms with Crippen molar-refractivity contribution in [1.29, 1.82) is 0 Å². The molecular formula is C24H28O5. The average Bonchev–Trinajstić information content (AvgIpc) is 3.57. The van der Waals surface area contributed by atoms with E-state index in [-0.39, 0.29) is 18.0 Å². The number of hydrogen-bond donors (Lipinski definition) is 1. The van der Waals surface area contributed by atoms with Crippen LogP contribution < -0.4 is 9.47 Å². The highest BCUT2D eigenvalue weighted by atomic mass is 16.6. The Bertz CT molecular complexity index is 980. The van der Waals surface area contributed by atoms with Crippen molar-refractivity contribution in [2.75, 3.05) is 26.4 Å². The standard InChI is InChI=1S/C24H28O5/c1-3-4-11-26-17-9-10-21-22(12-17)23(25)19-7-5-6-8-20(19)24(21)29-13-16(2)27-14-18-15-28-18/h5-10,12,16,18,25H,3-4,11,13-15H2,1-2H3. The number of phenolic OH excluding ortho intramolecular Hbond substituents is 1. The van der Waals surface area contributed by atoms with E-state index in [1.165, 1.54) is 0 Å². The third-order valence-corrected chi connectivity index (χ3v) is 5.12. The highest BCUT2D eigenvalue weighted by Crippen LogP contribution is 2.43. The normalized spacial score (nSPS) is 16.8. The third-order valence-electron chi connectivity index (χ3n) is 5.12. The zero-order chi connectivity index (χ0) is 20.2. The molecule has 4 rings (SSSR count). The predicted molar refractivity (Wildman–Crippen MR) is 114 cm³/mol. The molecule has 3 aromatic rings. The first-order valence-electron chi connectivity index (χ1n) is 10.3. The van der Waals surface area contributed by atoms with Gasteiger partial charge in [-0.15, -0.1) is 0 Å². The van der Waals surface area contributed by atoms with E-state index in [1.54, 1.807) is 0 Å². The van der Waals surface area contributed by atoms with Crippen LogP contribution in [0.3, 0.4) is 0 Å². The van der Waals surface area contributed by atoms with Gasteiger partial charge in [0.1, 0.15) is 30.0 Å². The molecule has 0 spiro atoms. The minimum absolute atomic E-state index is 0.0570.